The number of benzene rings is 2. The molecule has 0 radical (unpaired) electrons. The molecule has 0 saturated heterocycles. The highest BCUT2D eigenvalue weighted by atomic mass is 16.5. The second-order valence-electron chi connectivity index (χ2n) is 6.13. The maximum Gasteiger partial charge on any atom is 0.263 e. The van der Waals surface area contributed by atoms with Gasteiger partial charge < -0.3 is 14.4 Å². The van der Waals surface area contributed by atoms with Crippen molar-refractivity contribution >= 4 is 5.91 Å². The zero-order valence-corrected chi connectivity index (χ0v) is 15.0. The van der Waals surface area contributed by atoms with Crippen molar-refractivity contribution in [1.29, 1.82) is 0 Å². The van der Waals surface area contributed by atoms with Gasteiger partial charge in [-0.05, 0) is 61.7 Å². The summed E-state index contributed by atoms with van der Waals surface area (Å²) in [6, 6.07) is 13.7. The van der Waals surface area contributed by atoms with Gasteiger partial charge in [0, 0.05) is 13.6 Å². The summed E-state index contributed by atoms with van der Waals surface area (Å²) in [7, 11) is 3.42. The first-order valence-electron chi connectivity index (χ1n) is 8.02. The maximum absolute atomic E-state index is 12.5. The van der Waals surface area contributed by atoms with E-state index in [1.165, 1.54) is 0 Å². The third-order valence-electron chi connectivity index (χ3n) is 3.81. The molecule has 0 bridgehead atoms. The summed E-state index contributed by atoms with van der Waals surface area (Å²) in [5.74, 6) is 1.48. The first kappa shape index (κ1) is 17.9. The van der Waals surface area contributed by atoms with Crippen molar-refractivity contribution in [2.45, 2.75) is 33.4 Å². The summed E-state index contributed by atoms with van der Waals surface area (Å²) >= 11 is 0. The fourth-order valence-electron chi connectivity index (χ4n) is 2.65. The molecule has 0 saturated carbocycles. The Bertz CT molecular complexity index is 674. The van der Waals surface area contributed by atoms with Crippen LogP contribution in [0.1, 0.15) is 23.6 Å². The summed E-state index contributed by atoms with van der Waals surface area (Å²) in [5, 5.41) is 0. The van der Waals surface area contributed by atoms with Gasteiger partial charge in [0.05, 0.1) is 7.11 Å². The van der Waals surface area contributed by atoms with Crippen molar-refractivity contribution in [1.82, 2.24) is 4.90 Å². The van der Waals surface area contributed by atoms with Crippen LogP contribution in [-0.2, 0) is 11.3 Å². The monoisotopic (exact) mass is 327 g/mol. The van der Waals surface area contributed by atoms with E-state index in [9.17, 15) is 4.79 Å². The van der Waals surface area contributed by atoms with Crippen LogP contribution in [0, 0.1) is 13.8 Å². The van der Waals surface area contributed by atoms with Gasteiger partial charge in [0.2, 0.25) is 0 Å². The number of hydrogen-bond acceptors (Lipinski definition) is 3. The average molecular weight is 327 g/mol. The number of rotatable bonds is 6. The SMILES string of the molecule is COc1ccc(CN(C)C(=O)C(C)Oc2cc(C)cc(C)c2)cc1. The maximum atomic E-state index is 12.5. The molecule has 1 amide bonds. The lowest BCUT2D eigenvalue weighted by Crippen LogP contribution is -2.37. The van der Waals surface area contributed by atoms with Crippen LogP contribution in [0.15, 0.2) is 42.5 Å². The van der Waals surface area contributed by atoms with Crippen LogP contribution in [0.25, 0.3) is 0 Å². The molecule has 2 aromatic carbocycles. The van der Waals surface area contributed by atoms with Crippen molar-refractivity contribution in [3.63, 3.8) is 0 Å². The van der Waals surface area contributed by atoms with E-state index in [-0.39, 0.29) is 5.91 Å². The largest absolute Gasteiger partial charge is 0.497 e. The summed E-state index contributed by atoms with van der Waals surface area (Å²) in [5.41, 5.74) is 3.29. The van der Waals surface area contributed by atoms with Crippen LogP contribution < -0.4 is 9.47 Å². The fraction of sp³-hybridized carbons (Fsp3) is 0.350. The van der Waals surface area contributed by atoms with E-state index in [2.05, 4.69) is 6.07 Å². The Morgan fingerprint density at radius 2 is 1.62 bits per heavy atom. The molecule has 0 heterocycles. The third-order valence-corrected chi connectivity index (χ3v) is 3.81. The number of carbonyl (C=O) groups is 1. The molecule has 4 heteroatoms. The minimum atomic E-state index is -0.533. The number of aryl methyl sites for hydroxylation is 2. The van der Waals surface area contributed by atoms with Gasteiger partial charge in [-0.25, -0.2) is 0 Å². The van der Waals surface area contributed by atoms with Crippen molar-refractivity contribution < 1.29 is 14.3 Å². The Hall–Kier alpha value is -2.49. The molecule has 2 aromatic rings. The van der Waals surface area contributed by atoms with Crippen molar-refractivity contribution in [2.75, 3.05) is 14.2 Å². The number of ether oxygens (including phenoxy) is 2. The Morgan fingerprint density at radius 3 is 2.17 bits per heavy atom. The Labute approximate surface area is 144 Å². The van der Waals surface area contributed by atoms with Crippen LogP contribution in [0.3, 0.4) is 0 Å². The molecular weight excluding hydrogens is 302 g/mol. The molecule has 0 spiro atoms. The number of nitrogens with zero attached hydrogens (tertiary/aromatic N) is 1. The van der Waals surface area contributed by atoms with Gasteiger partial charge in [-0.3, -0.25) is 4.79 Å². The first-order chi connectivity index (χ1) is 11.4. The minimum Gasteiger partial charge on any atom is -0.497 e. The number of carbonyl (C=O) groups excluding carboxylic acids is 1. The van der Waals surface area contributed by atoms with Crippen LogP contribution in [0.5, 0.6) is 11.5 Å². The number of likely N-dealkylation sites (N-methyl/N-ethyl adjacent to an activating group) is 1. The second kappa shape index (κ2) is 7.86. The molecule has 0 aliphatic carbocycles. The molecule has 24 heavy (non-hydrogen) atoms. The van der Waals surface area contributed by atoms with Gasteiger partial charge in [-0.15, -0.1) is 0 Å². The average Bonchev–Trinajstić information content (AvgIpc) is 2.53. The van der Waals surface area contributed by atoms with E-state index in [1.807, 2.05) is 50.2 Å². The van der Waals surface area contributed by atoms with Crippen molar-refractivity contribution in [3.05, 3.63) is 59.2 Å². The van der Waals surface area contributed by atoms with Gasteiger partial charge in [0.15, 0.2) is 6.10 Å². The highest BCUT2D eigenvalue weighted by Gasteiger charge is 2.19. The third kappa shape index (κ3) is 4.75. The number of methoxy groups -OCH3 is 1. The Morgan fingerprint density at radius 1 is 1.04 bits per heavy atom. The zero-order valence-electron chi connectivity index (χ0n) is 15.0. The normalized spacial score (nSPS) is 11.7. The molecule has 1 unspecified atom stereocenters. The molecular formula is C20H25NO3. The smallest absolute Gasteiger partial charge is 0.263 e. The molecule has 0 aliphatic rings. The molecule has 0 aliphatic heterocycles. The number of hydrogen-bond donors (Lipinski definition) is 0. The molecule has 4 nitrogen and oxygen atoms in total. The molecule has 0 N–H and O–H groups in total. The van der Waals surface area contributed by atoms with Gasteiger partial charge >= 0.3 is 0 Å². The lowest BCUT2D eigenvalue weighted by molar-refractivity contribution is -0.137. The fourth-order valence-corrected chi connectivity index (χ4v) is 2.65. The van der Waals surface area contributed by atoms with E-state index in [4.69, 9.17) is 9.47 Å². The van der Waals surface area contributed by atoms with Crippen LogP contribution in [0.2, 0.25) is 0 Å². The van der Waals surface area contributed by atoms with Gasteiger partial charge in [-0.1, -0.05) is 18.2 Å². The van der Waals surface area contributed by atoms with E-state index in [0.29, 0.717) is 6.54 Å². The van der Waals surface area contributed by atoms with Gasteiger partial charge in [-0.2, -0.15) is 0 Å². The predicted octanol–water partition coefficient (Wildman–Crippen LogP) is 3.74. The summed E-state index contributed by atoms with van der Waals surface area (Å²) in [6.07, 6.45) is -0.533. The summed E-state index contributed by atoms with van der Waals surface area (Å²) in [6.45, 7) is 6.35. The highest BCUT2D eigenvalue weighted by Crippen LogP contribution is 2.18. The highest BCUT2D eigenvalue weighted by molar-refractivity contribution is 5.80. The van der Waals surface area contributed by atoms with E-state index >= 15 is 0 Å². The molecule has 128 valence electrons. The van der Waals surface area contributed by atoms with Crippen molar-refractivity contribution in [2.24, 2.45) is 0 Å². The first-order valence-corrected chi connectivity index (χ1v) is 8.02. The molecule has 0 fully saturated rings. The lowest BCUT2D eigenvalue weighted by atomic mass is 10.1. The van der Waals surface area contributed by atoms with Gasteiger partial charge in [0.25, 0.3) is 5.91 Å². The van der Waals surface area contributed by atoms with Crippen LogP contribution >= 0.6 is 0 Å². The second-order valence-corrected chi connectivity index (χ2v) is 6.13. The van der Waals surface area contributed by atoms with Gasteiger partial charge in [0.1, 0.15) is 11.5 Å². The Kier molecular flexibility index (Phi) is 5.85. The van der Waals surface area contributed by atoms with E-state index in [0.717, 1.165) is 28.2 Å². The standard InChI is InChI=1S/C20H25NO3/c1-14-10-15(2)12-19(11-14)24-16(3)20(22)21(4)13-17-6-8-18(23-5)9-7-17/h6-12,16H,13H2,1-5H3. The minimum absolute atomic E-state index is 0.0509. The molecule has 0 aromatic heterocycles. The predicted molar refractivity (Wildman–Crippen MR) is 95.5 cm³/mol. The van der Waals surface area contributed by atoms with E-state index in [1.54, 1.807) is 26.0 Å². The summed E-state index contributed by atoms with van der Waals surface area (Å²) < 4.78 is 11.0. The number of amides is 1. The molecule has 2 rings (SSSR count). The van der Waals surface area contributed by atoms with Crippen LogP contribution in [-0.4, -0.2) is 31.1 Å². The van der Waals surface area contributed by atoms with E-state index < -0.39 is 6.10 Å². The van der Waals surface area contributed by atoms with Crippen LogP contribution in [0.4, 0.5) is 0 Å². The molecule has 1 atom stereocenters. The zero-order chi connectivity index (χ0) is 17.7. The summed E-state index contributed by atoms with van der Waals surface area (Å²) in [4.78, 5) is 14.2. The topological polar surface area (TPSA) is 38.8 Å². The van der Waals surface area contributed by atoms with Crippen molar-refractivity contribution in [3.8, 4) is 11.5 Å². The lowest BCUT2D eigenvalue weighted by Gasteiger charge is -2.22. The quantitative estimate of drug-likeness (QED) is 0.811. The Balaban J connectivity index is 1.98.